The lowest BCUT2D eigenvalue weighted by molar-refractivity contribution is -0.137. The Labute approximate surface area is 173 Å². The van der Waals surface area contributed by atoms with Crippen LogP contribution < -0.4 is 4.90 Å². The molecule has 1 aliphatic rings. The van der Waals surface area contributed by atoms with Crippen LogP contribution in [0.2, 0.25) is 0 Å². The van der Waals surface area contributed by atoms with E-state index in [9.17, 15) is 14.2 Å². The molecule has 1 aromatic heterocycles. The summed E-state index contributed by atoms with van der Waals surface area (Å²) in [6, 6.07) is 6.94. The average molecular weight is 434 g/mol. The van der Waals surface area contributed by atoms with Gasteiger partial charge in [0, 0.05) is 23.4 Å². The number of H-pyrrole nitrogens is 1. The molecule has 0 spiro atoms. The van der Waals surface area contributed by atoms with Gasteiger partial charge in [-0.2, -0.15) is 0 Å². The number of carboxylic acid groups (broad SMARTS) is 1. The van der Waals surface area contributed by atoms with Gasteiger partial charge in [0.25, 0.3) is 5.91 Å². The van der Waals surface area contributed by atoms with Gasteiger partial charge in [-0.25, -0.2) is 4.57 Å². The molecule has 3 rings (SSSR count). The van der Waals surface area contributed by atoms with Gasteiger partial charge in [-0.05, 0) is 50.0 Å². The monoisotopic (exact) mass is 434 g/mol. The molecule has 0 saturated carbocycles. The number of carbonyl (C=O) groups is 2. The van der Waals surface area contributed by atoms with Crippen LogP contribution in [0, 0.1) is 13.8 Å². The number of phosphoric acid groups is 1. The fourth-order valence-corrected chi connectivity index (χ4v) is 3.87. The summed E-state index contributed by atoms with van der Waals surface area (Å²) in [5, 5.41) is 8.85. The lowest BCUT2D eigenvalue weighted by Crippen LogP contribution is -2.28. The van der Waals surface area contributed by atoms with Gasteiger partial charge in [0.1, 0.15) is 6.73 Å². The Bertz CT molecular complexity index is 1070. The number of aliphatic carboxylic acids is 1. The van der Waals surface area contributed by atoms with Crippen LogP contribution in [-0.2, 0) is 25.1 Å². The van der Waals surface area contributed by atoms with Crippen LogP contribution in [-0.4, -0.2) is 38.5 Å². The quantitative estimate of drug-likeness (QED) is 0.370. The molecule has 0 atom stereocenters. The number of fused-ring (bicyclic) bond motifs is 1. The van der Waals surface area contributed by atoms with Gasteiger partial charge in [-0.3, -0.25) is 19.0 Å². The van der Waals surface area contributed by atoms with Crippen LogP contribution in [0.4, 0.5) is 5.69 Å². The molecular formula is C20H23N2O7P. The summed E-state index contributed by atoms with van der Waals surface area (Å²) in [7, 11) is -4.73. The van der Waals surface area contributed by atoms with Crippen molar-refractivity contribution in [2.24, 2.45) is 0 Å². The van der Waals surface area contributed by atoms with E-state index in [0.29, 0.717) is 29.7 Å². The summed E-state index contributed by atoms with van der Waals surface area (Å²) in [6.45, 7) is 3.24. The minimum atomic E-state index is -4.73. The second-order valence-electron chi connectivity index (χ2n) is 7.07. The standard InChI is InChI=1S/C20H23N2O7P/c1-12-14(7-5-9-19(23)24)13(2)21-17(12)10-16-15-6-3-4-8-18(15)22(20(16)25)11-29-30(26,27)28/h3-4,6,8,10,21H,5,7,9,11H2,1-2H3,(H,23,24)(H2,26,27,28)/b16-10-. The van der Waals surface area contributed by atoms with E-state index >= 15 is 0 Å². The van der Waals surface area contributed by atoms with Crippen molar-refractivity contribution in [3.05, 3.63) is 52.3 Å². The number of aromatic nitrogens is 1. The summed E-state index contributed by atoms with van der Waals surface area (Å²) in [5.74, 6) is -1.27. The van der Waals surface area contributed by atoms with Crippen LogP contribution in [0.25, 0.3) is 11.6 Å². The first-order chi connectivity index (χ1) is 14.1. The number of nitrogens with one attached hydrogen (secondary N) is 1. The van der Waals surface area contributed by atoms with Crippen LogP contribution in [0.3, 0.4) is 0 Å². The first-order valence-electron chi connectivity index (χ1n) is 9.31. The van der Waals surface area contributed by atoms with Gasteiger partial charge in [-0.15, -0.1) is 0 Å². The van der Waals surface area contributed by atoms with E-state index in [1.807, 2.05) is 13.8 Å². The number of rotatable bonds is 8. The highest BCUT2D eigenvalue weighted by Gasteiger charge is 2.34. The Morgan fingerprint density at radius 1 is 1.27 bits per heavy atom. The normalized spacial score (nSPS) is 15.1. The zero-order valence-corrected chi connectivity index (χ0v) is 17.5. The molecule has 2 heterocycles. The number of hydrogen-bond acceptors (Lipinski definition) is 4. The Balaban J connectivity index is 1.93. The van der Waals surface area contributed by atoms with Crippen LogP contribution in [0.1, 0.15) is 40.9 Å². The SMILES string of the molecule is Cc1[nH]c(/C=C2\C(=O)N(COP(=O)(O)O)c3ccccc32)c(C)c1CCCC(=O)O. The third kappa shape index (κ3) is 4.71. The summed E-state index contributed by atoms with van der Waals surface area (Å²) >= 11 is 0. The number of benzene rings is 1. The van der Waals surface area contributed by atoms with Crippen LogP contribution >= 0.6 is 7.82 Å². The van der Waals surface area contributed by atoms with Gasteiger partial charge >= 0.3 is 13.8 Å². The minimum absolute atomic E-state index is 0.0842. The lowest BCUT2D eigenvalue weighted by Gasteiger charge is -2.17. The van der Waals surface area contributed by atoms with Crippen molar-refractivity contribution < 1.29 is 33.6 Å². The van der Waals surface area contributed by atoms with Crippen molar-refractivity contribution in [3.8, 4) is 0 Å². The fourth-order valence-electron chi connectivity index (χ4n) is 3.60. The predicted octanol–water partition coefficient (Wildman–Crippen LogP) is 2.99. The highest BCUT2D eigenvalue weighted by Crippen LogP contribution is 2.41. The molecule has 0 saturated heterocycles. The number of aryl methyl sites for hydroxylation is 1. The van der Waals surface area contributed by atoms with E-state index < -0.39 is 26.4 Å². The number of aromatic amines is 1. The summed E-state index contributed by atoms with van der Waals surface area (Å²) < 4.78 is 15.6. The fraction of sp³-hybridized carbons (Fsp3) is 0.300. The molecular weight excluding hydrogens is 411 g/mol. The number of para-hydroxylation sites is 1. The van der Waals surface area contributed by atoms with Gasteiger partial charge in [-0.1, -0.05) is 18.2 Å². The zero-order valence-electron chi connectivity index (χ0n) is 16.6. The second kappa shape index (κ2) is 8.57. The molecule has 30 heavy (non-hydrogen) atoms. The molecule has 0 fully saturated rings. The molecule has 160 valence electrons. The largest absolute Gasteiger partial charge is 0.481 e. The Morgan fingerprint density at radius 2 is 1.97 bits per heavy atom. The number of nitrogens with zero attached hydrogens (tertiary/aromatic N) is 1. The molecule has 0 aliphatic carbocycles. The van der Waals surface area contributed by atoms with Gasteiger partial charge < -0.3 is 19.9 Å². The van der Waals surface area contributed by atoms with Gasteiger partial charge in [0.15, 0.2) is 0 Å². The maximum atomic E-state index is 13.0. The maximum absolute atomic E-state index is 13.0. The summed E-state index contributed by atoms with van der Waals surface area (Å²) in [6.07, 6.45) is 2.92. The number of carbonyl (C=O) groups excluding carboxylic acids is 1. The minimum Gasteiger partial charge on any atom is -0.481 e. The Kier molecular flexibility index (Phi) is 6.28. The molecule has 1 amide bonds. The van der Waals surface area contributed by atoms with E-state index in [-0.39, 0.29) is 6.42 Å². The summed E-state index contributed by atoms with van der Waals surface area (Å²) in [4.78, 5) is 46.1. The van der Waals surface area contributed by atoms with Gasteiger partial charge in [0.05, 0.1) is 11.3 Å². The number of carboxylic acids is 1. The highest BCUT2D eigenvalue weighted by molar-refractivity contribution is 7.46. The second-order valence-corrected chi connectivity index (χ2v) is 8.31. The van der Waals surface area contributed by atoms with Crippen molar-refractivity contribution in [1.29, 1.82) is 0 Å². The van der Waals surface area contributed by atoms with E-state index in [4.69, 9.17) is 14.9 Å². The molecule has 1 aromatic carbocycles. The van der Waals surface area contributed by atoms with E-state index in [1.165, 1.54) is 4.90 Å². The van der Waals surface area contributed by atoms with E-state index in [1.54, 1.807) is 30.3 Å². The maximum Gasteiger partial charge on any atom is 0.471 e. The molecule has 1 aliphatic heterocycles. The van der Waals surface area contributed by atoms with Crippen molar-refractivity contribution in [2.45, 2.75) is 33.1 Å². The van der Waals surface area contributed by atoms with Crippen LogP contribution in [0.5, 0.6) is 0 Å². The third-order valence-corrected chi connectivity index (χ3v) is 5.51. The Hall–Kier alpha value is -2.71. The first-order valence-corrected chi connectivity index (χ1v) is 10.8. The molecule has 10 heteroatoms. The molecule has 0 unspecified atom stereocenters. The number of amides is 1. The molecule has 4 N–H and O–H groups in total. The molecule has 9 nitrogen and oxygen atoms in total. The van der Waals surface area contributed by atoms with Crippen molar-refractivity contribution in [1.82, 2.24) is 4.98 Å². The predicted molar refractivity (Wildman–Crippen MR) is 111 cm³/mol. The smallest absolute Gasteiger partial charge is 0.471 e. The van der Waals surface area contributed by atoms with E-state index in [0.717, 1.165) is 22.5 Å². The van der Waals surface area contributed by atoms with Crippen molar-refractivity contribution >= 4 is 37.0 Å². The number of phosphoric ester groups is 1. The van der Waals surface area contributed by atoms with E-state index in [2.05, 4.69) is 9.51 Å². The summed E-state index contributed by atoms with van der Waals surface area (Å²) in [5.41, 5.74) is 5.10. The average Bonchev–Trinajstić information content (AvgIpc) is 3.07. The first kappa shape index (κ1) is 22.0. The van der Waals surface area contributed by atoms with Gasteiger partial charge in [0.2, 0.25) is 0 Å². The molecule has 0 radical (unpaired) electrons. The lowest BCUT2D eigenvalue weighted by atomic mass is 10.0. The molecule has 2 aromatic rings. The topological polar surface area (TPSA) is 140 Å². The van der Waals surface area contributed by atoms with Crippen molar-refractivity contribution in [3.63, 3.8) is 0 Å². The number of anilines is 1. The Morgan fingerprint density at radius 3 is 2.63 bits per heavy atom. The highest BCUT2D eigenvalue weighted by atomic mass is 31.2. The third-order valence-electron chi connectivity index (χ3n) is 5.05. The van der Waals surface area contributed by atoms with Crippen LogP contribution in [0.15, 0.2) is 24.3 Å². The number of hydrogen-bond donors (Lipinski definition) is 4. The molecule has 0 bridgehead atoms. The van der Waals surface area contributed by atoms with Crippen molar-refractivity contribution in [2.75, 3.05) is 11.6 Å². The zero-order chi connectivity index (χ0) is 22.1.